The van der Waals surface area contributed by atoms with Gasteiger partial charge in [0.15, 0.2) is 0 Å². The van der Waals surface area contributed by atoms with E-state index in [4.69, 9.17) is 23.2 Å². The number of nitro benzene ring substituents is 1. The summed E-state index contributed by atoms with van der Waals surface area (Å²) in [6.07, 6.45) is 0. The van der Waals surface area contributed by atoms with Gasteiger partial charge in [-0.15, -0.1) is 11.3 Å². The molecule has 0 unspecified atom stereocenters. The van der Waals surface area contributed by atoms with E-state index >= 15 is 0 Å². The lowest BCUT2D eigenvalue weighted by molar-refractivity contribution is -0.383. The Morgan fingerprint density at radius 1 is 1.29 bits per heavy atom. The first-order chi connectivity index (χ1) is 6.58. The van der Waals surface area contributed by atoms with Crippen LogP contribution in [0.3, 0.4) is 0 Å². The molecule has 2 aromatic rings. The fraction of sp³-hybridized carbons (Fsp3) is 0. The third kappa shape index (κ3) is 1.56. The zero-order chi connectivity index (χ0) is 10.3. The van der Waals surface area contributed by atoms with Crippen molar-refractivity contribution in [3.63, 3.8) is 0 Å². The topological polar surface area (TPSA) is 43.1 Å². The molecule has 1 aromatic carbocycles. The average Bonchev–Trinajstić information content (AvgIpc) is 2.42. The van der Waals surface area contributed by atoms with Gasteiger partial charge in [0, 0.05) is 15.8 Å². The number of hydrogen-bond donors (Lipinski definition) is 0. The summed E-state index contributed by atoms with van der Waals surface area (Å²) in [7, 11) is 0. The van der Waals surface area contributed by atoms with Gasteiger partial charge in [-0.1, -0.05) is 23.2 Å². The van der Waals surface area contributed by atoms with Gasteiger partial charge in [0.05, 0.1) is 14.6 Å². The van der Waals surface area contributed by atoms with Crippen molar-refractivity contribution < 1.29 is 4.92 Å². The molecule has 0 aliphatic heterocycles. The van der Waals surface area contributed by atoms with Crippen LogP contribution in [-0.4, -0.2) is 4.92 Å². The lowest BCUT2D eigenvalue weighted by Crippen LogP contribution is -1.87. The molecule has 2 rings (SSSR count). The van der Waals surface area contributed by atoms with E-state index in [0.717, 1.165) is 4.70 Å². The van der Waals surface area contributed by atoms with Crippen LogP contribution in [0.4, 0.5) is 5.69 Å². The number of hydrogen-bond acceptors (Lipinski definition) is 3. The molecule has 0 saturated carbocycles. The van der Waals surface area contributed by atoms with Crippen LogP contribution in [0.2, 0.25) is 9.36 Å². The van der Waals surface area contributed by atoms with Gasteiger partial charge in [-0.3, -0.25) is 10.1 Å². The maximum atomic E-state index is 10.7. The second kappa shape index (κ2) is 3.38. The summed E-state index contributed by atoms with van der Waals surface area (Å²) >= 11 is 12.8. The van der Waals surface area contributed by atoms with E-state index in [2.05, 4.69) is 0 Å². The molecule has 1 aromatic heterocycles. The maximum Gasteiger partial charge on any atom is 0.279 e. The third-order valence-corrected chi connectivity index (χ3v) is 3.18. The summed E-state index contributed by atoms with van der Waals surface area (Å²) in [4.78, 5) is 10.2. The van der Waals surface area contributed by atoms with E-state index in [-0.39, 0.29) is 5.69 Å². The van der Waals surface area contributed by atoms with Crippen LogP contribution in [0.15, 0.2) is 18.2 Å². The maximum absolute atomic E-state index is 10.7. The van der Waals surface area contributed by atoms with E-state index in [1.807, 2.05) is 0 Å². The number of thiophene rings is 1. The van der Waals surface area contributed by atoms with Crippen molar-refractivity contribution >= 4 is 50.3 Å². The first kappa shape index (κ1) is 9.71. The molecule has 72 valence electrons. The molecule has 0 amide bonds. The van der Waals surface area contributed by atoms with Crippen LogP contribution in [0.5, 0.6) is 0 Å². The van der Waals surface area contributed by atoms with Gasteiger partial charge in [0.25, 0.3) is 5.69 Å². The van der Waals surface area contributed by atoms with Crippen molar-refractivity contribution in [2.24, 2.45) is 0 Å². The molecule has 6 heteroatoms. The van der Waals surface area contributed by atoms with Crippen molar-refractivity contribution in [3.8, 4) is 0 Å². The largest absolute Gasteiger partial charge is 0.279 e. The SMILES string of the molecule is O=[N+]([O-])c1cc(Cl)cc2sc(Cl)cc12. The van der Waals surface area contributed by atoms with Crippen LogP contribution in [0.1, 0.15) is 0 Å². The lowest BCUT2D eigenvalue weighted by Gasteiger charge is -1.94. The highest BCUT2D eigenvalue weighted by molar-refractivity contribution is 7.22. The van der Waals surface area contributed by atoms with Gasteiger partial charge in [-0.2, -0.15) is 0 Å². The van der Waals surface area contributed by atoms with Crippen LogP contribution in [0, 0.1) is 10.1 Å². The molecule has 0 atom stereocenters. The predicted molar refractivity (Wildman–Crippen MR) is 58.5 cm³/mol. The molecule has 0 bridgehead atoms. The minimum atomic E-state index is -0.461. The summed E-state index contributed by atoms with van der Waals surface area (Å²) in [6, 6.07) is 4.57. The highest BCUT2D eigenvalue weighted by Gasteiger charge is 2.15. The number of rotatable bonds is 1. The molecule has 0 aliphatic rings. The number of halogens is 2. The van der Waals surface area contributed by atoms with E-state index in [0.29, 0.717) is 14.7 Å². The Balaban J connectivity index is 2.85. The van der Waals surface area contributed by atoms with E-state index in [9.17, 15) is 10.1 Å². The Kier molecular flexibility index (Phi) is 2.34. The van der Waals surface area contributed by atoms with Gasteiger partial charge in [0.1, 0.15) is 0 Å². The summed E-state index contributed by atoms with van der Waals surface area (Å²) in [5, 5.41) is 11.6. The van der Waals surface area contributed by atoms with Crippen LogP contribution < -0.4 is 0 Å². The standard InChI is InChI=1S/C8H3Cl2NO2S/c9-4-1-6(11(12)13)5-3-8(10)14-7(5)2-4/h1-3H. The molecule has 0 radical (unpaired) electrons. The number of nitro groups is 1. The van der Waals surface area contributed by atoms with Gasteiger partial charge >= 0.3 is 0 Å². The molecule has 0 spiro atoms. The summed E-state index contributed by atoms with van der Waals surface area (Å²) < 4.78 is 1.25. The molecule has 1 heterocycles. The molecular formula is C8H3Cl2NO2S. The number of nitrogens with zero attached hydrogens (tertiary/aromatic N) is 1. The first-order valence-electron chi connectivity index (χ1n) is 3.61. The minimum Gasteiger partial charge on any atom is -0.258 e. The Bertz CT molecular complexity index is 523. The smallest absolute Gasteiger partial charge is 0.258 e. The summed E-state index contributed by atoms with van der Waals surface area (Å²) in [6.45, 7) is 0. The van der Waals surface area contributed by atoms with Crippen molar-refractivity contribution in [1.82, 2.24) is 0 Å². The molecule has 3 nitrogen and oxygen atoms in total. The van der Waals surface area contributed by atoms with Crippen LogP contribution in [-0.2, 0) is 0 Å². The first-order valence-corrected chi connectivity index (χ1v) is 5.18. The zero-order valence-corrected chi connectivity index (χ0v) is 8.99. The monoisotopic (exact) mass is 247 g/mol. The molecule has 0 aliphatic carbocycles. The molecule has 0 saturated heterocycles. The second-order valence-electron chi connectivity index (χ2n) is 2.64. The van der Waals surface area contributed by atoms with E-state index in [1.54, 1.807) is 12.1 Å². The fourth-order valence-corrected chi connectivity index (χ4v) is 2.69. The Morgan fingerprint density at radius 3 is 2.64 bits per heavy atom. The van der Waals surface area contributed by atoms with Gasteiger partial charge in [-0.25, -0.2) is 0 Å². The van der Waals surface area contributed by atoms with Gasteiger partial charge < -0.3 is 0 Å². The van der Waals surface area contributed by atoms with Crippen molar-refractivity contribution in [2.75, 3.05) is 0 Å². The summed E-state index contributed by atoms with van der Waals surface area (Å²) in [5.41, 5.74) is -0.00403. The van der Waals surface area contributed by atoms with Crippen LogP contribution >= 0.6 is 34.5 Å². The van der Waals surface area contributed by atoms with Gasteiger partial charge in [0.2, 0.25) is 0 Å². The minimum absolute atomic E-state index is 0.00403. The lowest BCUT2D eigenvalue weighted by atomic mass is 10.2. The molecule has 14 heavy (non-hydrogen) atoms. The summed E-state index contributed by atoms with van der Waals surface area (Å²) in [5.74, 6) is 0. The van der Waals surface area contributed by atoms with Gasteiger partial charge in [-0.05, 0) is 12.1 Å². The predicted octanol–water partition coefficient (Wildman–Crippen LogP) is 4.12. The Labute approximate surface area is 93.0 Å². The zero-order valence-electron chi connectivity index (χ0n) is 6.66. The fourth-order valence-electron chi connectivity index (χ4n) is 1.21. The quantitative estimate of drug-likeness (QED) is 0.562. The number of fused-ring (bicyclic) bond motifs is 1. The highest BCUT2D eigenvalue weighted by Crippen LogP contribution is 2.37. The highest BCUT2D eigenvalue weighted by atomic mass is 35.5. The Hall–Kier alpha value is -0.840. The van der Waals surface area contributed by atoms with Crippen molar-refractivity contribution in [2.45, 2.75) is 0 Å². The Morgan fingerprint density at radius 2 is 2.00 bits per heavy atom. The molecular weight excluding hydrogens is 245 g/mol. The number of non-ortho nitro benzene ring substituents is 1. The average molecular weight is 248 g/mol. The van der Waals surface area contributed by atoms with E-state index in [1.165, 1.54) is 17.4 Å². The van der Waals surface area contributed by atoms with Crippen LogP contribution in [0.25, 0.3) is 10.1 Å². The molecule has 0 N–H and O–H groups in total. The van der Waals surface area contributed by atoms with E-state index < -0.39 is 4.92 Å². The third-order valence-electron chi connectivity index (χ3n) is 1.75. The van der Waals surface area contributed by atoms with Crippen molar-refractivity contribution in [1.29, 1.82) is 0 Å². The number of benzene rings is 1. The normalized spacial score (nSPS) is 10.7. The second-order valence-corrected chi connectivity index (χ2v) is 4.80. The van der Waals surface area contributed by atoms with Crippen molar-refractivity contribution in [3.05, 3.63) is 37.7 Å². The molecule has 0 fully saturated rings.